The summed E-state index contributed by atoms with van der Waals surface area (Å²) in [5, 5.41) is 16.4. The van der Waals surface area contributed by atoms with Crippen molar-refractivity contribution < 1.29 is 19.4 Å². The van der Waals surface area contributed by atoms with E-state index in [4.69, 9.17) is 4.74 Å². The molecule has 1 heterocycles. The number of carbonyl (C=O) groups is 2. The lowest BCUT2D eigenvalue weighted by Crippen LogP contribution is -2.23. The SMILES string of the molecule is CCOc1ccc(/C=C2/C(=O)N(c3ccc(C(=O)[O-])cc3)N=C2C)cc1. The number of amides is 1. The molecular formula is C20H17N2O4-. The van der Waals surface area contributed by atoms with Gasteiger partial charge >= 0.3 is 0 Å². The van der Waals surface area contributed by atoms with E-state index >= 15 is 0 Å². The number of anilines is 1. The van der Waals surface area contributed by atoms with Crippen LogP contribution in [0.2, 0.25) is 0 Å². The number of aromatic carboxylic acids is 1. The Morgan fingerprint density at radius 2 is 1.81 bits per heavy atom. The van der Waals surface area contributed by atoms with Gasteiger partial charge in [0, 0.05) is 0 Å². The highest BCUT2D eigenvalue weighted by Crippen LogP contribution is 2.25. The summed E-state index contributed by atoms with van der Waals surface area (Å²) in [6, 6.07) is 13.3. The van der Waals surface area contributed by atoms with E-state index in [1.165, 1.54) is 29.3 Å². The fraction of sp³-hybridized carbons (Fsp3) is 0.150. The van der Waals surface area contributed by atoms with Gasteiger partial charge in [0.15, 0.2) is 0 Å². The highest BCUT2D eigenvalue weighted by Gasteiger charge is 2.28. The summed E-state index contributed by atoms with van der Waals surface area (Å²) in [4.78, 5) is 23.5. The molecule has 132 valence electrons. The van der Waals surface area contributed by atoms with Crippen molar-refractivity contribution in [2.75, 3.05) is 11.6 Å². The van der Waals surface area contributed by atoms with Gasteiger partial charge in [-0.15, -0.1) is 0 Å². The fourth-order valence-corrected chi connectivity index (χ4v) is 2.59. The van der Waals surface area contributed by atoms with Crippen LogP contribution in [-0.4, -0.2) is 24.2 Å². The number of hydrogen-bond acceptors (Lipinski definition) is 5. The van der Waals surface area contributed by atoms with Gasteiger partial charge in [-0.3, -0.25) is 4.79 Å². The Morgan fingerprint density at radius 1 is 1.15 bits per heavy atom. The minimum atomic E-state index is -1.26. The molecule has 2 aromatic carbocycles. The molecule has 1 amide bonds. The van der Waals surface area contributed by atoms with E-state index in [1.807, 2.05) is 31.2 Å². The lowest BCUT2D eigenvalue weighted by atomic mass is 10.1. The summed E-state index contributed by atoms with van der Waals surface area (Å²) in [6.45, 7) is 4.27. The molecule has 1 aliphatic heterocycles. The first-order valence-corrected chi connectivity index (χ1v) is 8.15. The Morgan fingerprint density at radius 3 is 2.38 bits per heavy atom. The van der Waals surface area contributed by atoms with Gasteiger partial charge in [-0.25, -0.2) is 0 Å². The first-order chi connectivity index (χ1) is 12.5. The predicted molar refractivity (Wildman–Crippen MR) is 97.0 cm³/mol. The third-order valence-electron chi connectivity index (χ3n) is 3.91. The largest absolute Gasteiger partial charge is 0.545 e. The zero-order valence-corrected chi connectivity index (χ0v) is 14.4. The maximum Gasteiger partial charge on any atom is 0.280 e. The monoisotopic (exact) mass is 349 g/mol. The van der Waals surface area contributed by atoms with E-state index in [2.05, 4.69) is 5.10 Å². The Bertz CT molecular complexity index is 896. The van der Waals surface area contributed by atoms with Crippen LogP contribution in [0.3, 0.4) is 0 Å². The zero-order chi connectivity index (χ0) is 18.7. The second-order valence-corrected chi connectivity index (χ2v) is 5.70. The number of carboxylic acid groups (broad SMARTS) is 1. The molecule has 0 bridgehead atoms. The van der Waals surface area contributed by atoms with Crippen LogP contribution in [-0.2, 0) is 4.79 Å². The summed E-state index contributed by atoms with van der Waals surface area (Å²) >= 11 is 0. The number of ether oxygens (including phenoxy) is 1. The van der Waals surface area contributed by atoms with Gasteiger partial charge in [0.25, 0.3) is 5.91 Å². The number of hydrogen-bond donors (Lipinski definition) is 0. The molecule has 0 aromatic heterocycles. The van der Waals surface area contributed by atoms with E-state index in [-0.39, 0.29) is 11.5 Å². The highest BCUT2D eigenvalue weighted by molar-refractivity contribution is 6.32. The molecule has 0 saturated heterocycles. The van der Waals surface area contributed by atoms with Crippen LogP contribution in [0.25, 0.3) is 6.08 Å². The molecule has 0 atom stereocenters. The van der Waals surface area contributed by atoms with Crippen LogP contribution in [0.5, 0.6) is 5.75 Å². The van der Waals surface area contributed by atoms with Crippen LogP contribution in [0.4, 0.5) is 5.69 Å². The number of carboxylic acids is 1. The van der Waals surface area contributed by atoms with Gasteiger partial charge in [0.1, 0.15) is 5.75 Å². The van der Waals surface area contributed by atoms with E-state index in [0.29, 0.717) is 23.6 Å². The van der Waals surface area contributed by atoms with Crippen molar-refractivity contribution in [3.05, 3.63) is 65.2 Å². The summed E-state index contributed by atoms with van der Waals surface area (Å²) in [6.07, 6.45) is 1.77. The van der Waals surface area contributed by atoms with Crippen molar-refractivity contribution in [2.24, 2.45) is 5.10 Å². The standard InChI is InChI=1S/C20H18N2O4/c1-3-26-17-10-4-14(5-11-17)12-18-13(2)21-22(19(18)23)16-8-6-15(7-9-16)20(24)25/h4-12H,3H2,1-2H3,(H,24,25)/p-1/b18-12+. The summed E-state index contributed by atoms with van der Waals surface area (Å²) in [5.41, 5.74) is 2.48. The van der Waals surface area contributed by atoms with Crippen LogP contribution in [0.1, 0.15) is 29.8 Å². The fourth-order valence-electron chi connectivity index (χ4n) is 2.59. The zero-order valence-electron chi connectivity index (χ0n) is 14.4. The topological polar surface area (TPSA) is 82.0 Å². The second-order valence-electron chi connectivity index (χ2n) is 5.70. The Labute approximate surface area is 151 Å². The molecule has 26 heavy (non-hydrogen) atoms. The molecule has 3 rings (SSSR count). The maximum absolute atomic E-state index is 12.7. The molecule has 0 radical (unpaired) electrons. The van der Waals surface area contributed by atoms with Crippen LogP contribution >= 0.6 is 0 Å². The van der Waals surface area contributed by atoms with Crippen molar-refractivity contribution in [3.63, 3.8) is 0 Å². The van der Waals surface area contributed by atoms with Gasteiger partial charge < -0.3 is 14.6 Å². The summed E-state index contributed by atoms with van der Waals surface area (Å²) in [5.74, 6) is -0.759. The lowest BCUT2D eigenvalue weighted by molar-refractivity contribution is -0.255. The van der Waals surface area contributed by atoms with Gasteiger partial charge in [0.2, 0.25) is 0 Å². The molecule has 1 aliphatic rings. The average Bonchev–Trinajstić information content (AvgIpc) is 2.92. The molecule has 0 N–H and O–H groups in total. The minimum absolute atomic E-state index is 0.0475. The average molecular weight is 349 g/mol. The smallest absolute Gasteiger partial charge is 0.280 e. The van der Waals surface area contributed by atoms with Gasteiger partial charge in [-0.2, -0.15) is 10.1 Å². The molecule has 0 saturated carbocycles. The van der Waals surface area contributed by atoms with Crippen molar-refractivity contribution in [1.29, 1.82) is 0 Å². The van der Waals surface area contributed by atoms with Gasteiger partial charge in [0.05, 0.1) is 29.5 Å². The van der Waals surface area contributed by atoms with Gasteiger partial charge in [-0.05, 0) is 55.3 Å². The predicted octanol–water partition coefficient (Wildman–Crippen LogP) is 2.25. The molecule has 6 heteroatoms. The van der Waals surface area contributed by atoms with Gasteiger partial charge in [-0.1, -0.05) is 24.3 Å². The molecule has 6 nitrogen and oxygen atoms in total. The second kappa shape index (κ2) is 7.23. The van der Waals surface area contributed by atoms with E-state index in [0.717, 1.165) is 11.3 Å². The molecule has 2 aromatic rings. The van der Waals surface area contributed by atoms with E-state index < -0.39 is 5.97 Å². The van der Waals surface area contributed by atoms with Crippen molar-refractivity contribution in [2.45, 2.75) is 13.8 Å². The first kappa shape index (κ1) is 17.4. The molecule has 0 fully saturated rings. The molecule has 0 aliphatic carbocycles. The molecular weight excluding hydrogens is 332 g/mol. The van der Waals surface area contributed by atoms with Crippen molar-refractivity contribution in [3.8, 4) is 5.75 Å². The van der Waals surface area contributed by atoms with Crippen LogP contribution in [0.15, 0.2) is 59.2 Å². The van der Waals surface area contributed by atoms with Crippen molar-refractivity contribution >= 4 is 29.4 Å². The number of benzene rings is 2. The first-order valence-electron chi connectivity index (χ1n) is 8.15. The van der Waals surface area contributed by atoms with Crippen molar-refractivity contribution in [1.82, 2.24) is 0 Å². The summed E-state index contributed by atoms with van der Waals surface area (Å²) in [7, 11) is 0. The maximum atomic E-state index is 12.7. The van der Waals surface area contributed by atoms with E-state index in [9.17, 15) is 14.7 Å². The van der Waals surface area contributed by atoms with Crippen LogP contribution < -0.4 is 14.9 Å². The lowest BCUT2D eigenvalue weighted by Gasteiger charge is -2.12. The number of nitrogens with zero attached hydrogens (tertiary/aromatic N) is 2. The number of hydrazone groups is 1. The highest BCUT2D eigenvalue weighted by atomic mass is 16.5. The Hall–Kier alpha value is -3.41. The normalized spacial score (nSPS) is 15.3. The van der Waals surface area contributed by atoms with E-state index in [1.54, 1.807) is 13.0 Å². The Kier molecular flexibility index (Phi) is 4.84. The Balaban J connectivity index is 1.84. The minimum Gasteiger partial charge on any atom is -0.545 e. The number of carbonyl (C=O) groups excluding carboxylic acids is 2. The molecule has 0 unspecified atom stereocenters. The number of rotatable bonds is 5. The third-order valence-corrected chi connectivity index (χ3v) is 3.91. The summed E-state index contributed by atoms with van der Waals surface area (Å²) < 4.78 is 5.41. The van der Waals surface area contributed by atoms with Crippen LogP contribution in [0, 0.1) is 0 Å². The quantitative estimate of drug-likeness (QED) is 0.775. The molecule has 0 spiro atoms. The third kappa shape index (κ3) is 3.49.